The number of rotatable bonds is 5. The fourth-order valence-corrected chi connectivity index (χ4v) is 2.09. The third-order valence-corrected chi connectivity index (χ3v) is 3.18. The van der Waals surface area contributed by atoms with Gasteiger partial charge in [0.25, 0.3) is 0 Å². The van der Waals surface area contributed by atoms with Crippen LogP contribution in [0.5, 0.6) is 23.0 Å². The minimum atomic E-state index is 0.133. The van der Waals surface area contributed by atoms with Crippen LogP contribution in [0.3, 0.4) is 0 Å². The van der Waals surface area contributed by atoms with E-state index in [1.54, 1.807) is 37.4 Å². The van der Waals surface area contributed by atoms with Gasteiger partial charge >= 0.3 is 0 Å². The van der Waals surface area contributed by atoms with Crippen LogP contribution in [-0.4, -0.2) is 24.4 Å². The van der Waals surface area contributed by atoms with Crippen molar-refractivity contribution < 1.29 is 19.7 Å². The van der Waals surface area contributed by atoms with Gasteiger partial charge in [-0.3, -0.25) is 0 Å². The molecule has 0 heterocycles. The molecule has 4 nitrogen and oxygen atoms in total. The van der Waals surface area contributed by atoms with E-state index in [0.717, 1.165) is 11.1 Å². The SMILES string of the molecule is COc1cc(CCc2cccc(O)c2)c(O)c(OC)c1. The molecule has 20 heavy (non-hydrogen) atoms. The lowest BCUT2D eigenvalue weighted by Crippen LogP contribution is -1.96. The van der Waals surface area contributed by atoms with Gasteiger partial charge in [0, 0.05) is 11.6 Å². The van der Waals surface area contributed by atoms with Gasteiger partial charge in [0.05, 0.1) is 14.2 Å². The average molecular weight is 274 g/mol. The fraction of sp³-hybridized carbons (Fsp3) is 0.250. The molecule has 2 rings (SSSR count). The van der Waals surface area contributed by atoms with Gasteiger partial charge in [-0.05, 0) is 36.6 Å². The summed E-state index contributed by atoms with van der Waals surface area (Å²) in [6, 6.07) is 10.5. The molecule has 0 unspecified atom stereocenters. The molecule has 0 aliphatic heterocycles. The number of hydrogen-bond donors (Lipinski definition) is 2. The van der Waals surface area contributed by atoms with Gasteiger partial charge in [0.1, 0.15) is 11.5 Å². The summed E-state index contributed by atoms with van der Waals surface area (Å²) < 4.78 is 10.3. The van der Waals surface area contributed by atoms with Crippen molar-refractivity contribution in [3.63, 3.8) is 0 Å². The second kappa shape index (κ2) is 6.19. The summed E-state index contributed by atoms with van der Waals surface area (Å²) in [5.74, 6) is 1.42. The third kappa shape index (κ3) is 3.15. The van der Waals surface area contributed by atoms with Crippen LogP contribution >= 0.6 is 0 Å². The van der Waals surface area contributed by atoms with Crippen LogP contribution in [-0.2, 0) is 12.8 Å². The molecule has 2 aromatic rings. The first-order valence-corrected chi connectivity index (χ1v) is 6.36. The highest BCUT2D eigenvalue weighted by Gasteiger charge is 2.11. The molecule has 0 aromatic heterocycles. The molecule has 0 fully saturated rings. The van der Waals surface area contributed by atoms with Crippen LogP contribution in [0.15, 0.2) is 36.4 Å². The molecule has 0 aliphatic rings. The maximum atomic E-state index is 10.1. The molecule has 2 N–H and O–H groups in total. The Balaban J connectivity index is 2.20. The molecule has 0 bridgehead atoms. The van der Waals surface area contributed by atoms with Crippen molar-refractivity contribution in [3.05, 3.63) is 47.5 Å². The van der Waals surface area contributed by atoms with Crippen molar-refractivity contribution in [1.82, 2.24) is 0 Å². The molecule has 0 aliphatic carbocycles. The molecule has 4 heteroatoms. The van der Waals surface area contributed by atoms with E-state index in [0.29, 0.717) is 24.3 Å². The summed E-state index contributed by atoms with van der Waals surface area (Å²) >= 11 is 0. The highest BCUT2D eigenvalue weighted by Crippen LogP contribution is 2.35. The lowest BCUT2D eigenvalue weighted by Gasteiger charge is -2.11. The van der Waals surface area contributed by atoms with Crippen LogP contribution < -0.4 is 9.47 Å². The van der Waals surface area contributed by atoms with E-state index in [1.807, 2.05) is 6.07 Å². The Morgan fingerprint density at radius 2 is 1.75 bits per heavy atom. The Morgan fingerprint density at radius 1 is 0.950 bits per heavy atom. The number of ether oxygens (including phenoxy) is 2. The van der Waals surface area contributed by atoms with Crippen LogP contribution in [0, 0.1) is 0 Å². The zero-order valence-electron chi connectivity index (χ0n) is 11.6. The molecule has 0 saturated carbocycles. The van der Waals surface area contributed by atoms with Crippen molar-refractivity contribution in [2.24, 2.45) is 0 Å². The number of phenolic OH excluding ortho intramolecular Hbond substituents is 2. The molecule has 106 valence electrons. The lowest BCUT2D eigenvalue weighted by atomic mass is 10.0. The van der Waals surface area contributed by atoms with E-state index < -0.39 is 0 Å². The number of methoxy groups -OCH3 is 2. The van der Waals surface area contributed by atoms with Gasteiger partial charge in [-0.2, -0.15) is 0 Å². The summed E-state index contributed by atoms with van der Waals surface area (Å²) in [6.45, 7) is 0. The maximum Gasteiger partial charge on any atom is 0.164 e. The van der Waals surface area contributed by atoms with Crippen molar-refractivity contribution in [2.75, 3.05) is 14.2 Å². The second-order valence-corrected chi connectivity index (χ2v) is 4.51. The molecular formula is C16H18O4. The molecule has 0 radical (unpaired) electrons. The number of benzene rings is 2. The van der Waals surface area contributed by atoms with Gasteiger partial charge in [-0.25, -0.2) is 0 Å². The summed E-state index contributed by atoms with van der Waals surface area (Å²) in [6.07, 6.45) is 1.33. The topological polar surface area (TPSA) is 58.9 Å². The van der Waals surface area contributed by atoms with E-state index in [4.69, 9.17) is 9.47 Å². The predicted molar refractivity (Wildman–Crippen MR) is 76.7 cm³/mol. The Kier molecular flexibility index (Phi) is 4.35. The average Bonchev–Trinajstić information content (AvgIpc) is 2.46. The summed E-state index contributed by atoms with van der Waals surface area (Å²) in [4.78, 5) is 0. The Morgan fingerprint density at radius 3 is 2.40 bits per heavy atom. The number of hydrogen-bond acceptors (Lipinski definition) is 4. The van der Waals surface area contributed by atoms with E-state index in [2.05, 4.69) is 0 Å². The van der Waals surface area contributed by atoms with Crippen LogP contribution in [0.1, 0.15) is 11.1 Å². The minimum Gasteiger partial charge on any atom is -0.508 e. The molecule has 0 spiro atoms. The lowest BCUT2D eigenvalue weighted by molar-refractivity contribution is 0.361. The number of aromatic hydroxyl groups is 2. The Labute approximate surface area is 118 Å². The fourth-order valence-electron chi connectivity index (χ4n) is 2.09. The van der Waals surface area contributed by atoms with Crippen molar-refractivity contribution in [3.8, 4) is 23.0 Å². The summed E-state index contributed by atoms with van der Waals surface area (Å²) in [5, 5.41) is 19.6. The van der Waals surface area contributed by atoms with Crippen LogP contribution in [0.2, 0.25) is 0 Å². The zero-order chi connectivity index (χ0) is 14.5. The molecular weight excluding hydrogens is 256 g/mol. The number of aryl methyl sites for hydroxylation is 2. The highest BCUT2D eigenvalue weighted by molar-refractivity contribution is 5.51. The van der Waals surface area contributed by atoms with Crippen molar-refractivity contribution in [2.45, 2.75) is 12.8 Å². The predicted octanol–water partition coefficient (Wildman–Crippen LogP) is 2.90. The smallest absolute Gasteiger partial charge is 0.164 e. The largest absolute Gasteiger partial charge is 0.508 e. The van der Waals surface area contributed by atoms with Crippen LogP contribution in [0.25, 0.3) is 0 Å². The quantitative estimate of drug-likeness (QED) is 0.880. The van der Waals surface area contributed by atoms with E-state index in [9.17, 15) is 10.2 Å². The summed E-state index contributed by atoms with van der Waals surface area (Å²) in [7, 11) is 3.08. The van der Waals surface area contributed by atoms with Gasteiger partial charge < -0.3 is 19.7 Å². The highest BCUT2D eigenvalue weighted by atomic mass is 16.5. The van der Waals surface area contributed by atoms with E-state index >= 15 is 0 Å². The standard InChI is InChI=1S/C16H18O4/c1-19-14-9-12(16(18)15(10-14)20-2)7-6-11-4-3-5-13(17)8-11/h3-5,8-10,17-18H,6-7H2,1-2H3. The van der Waals surface area contributed by atoms with Crippen LogP contribution in [0.4, 0.5) is 0 Å². The first-order valence-electron chi connectivity index (χ1n) is 6.36. The summed E-state index contributed by atoms with van der Waals surface area (Å²) in [5.41, 5.74) is 1.76. The van der Waals surface area contributed by atoms with E-state index in [-0.39, 0.29) is 11.5 Å². The molecule has 0 saturated heterocycles. The first-order chi connectivity index (χ1) is 9.63. The van der Waals surface area contributed by atoms with Gasteiger partial charge in [0.15, 0.2) is 11.5 Å². The van der Waals surface area contributed by atoms with Gasteiger partial charge in [-0.15, -0.1) is 0 Å². The normalized spacial score (nSPS) is 10.3. The third-order valence-electron chi connectivity index (χ3n) is 3.18. The second-order valence-electron chi connectivity index (χ2n) is 4.51. The molecule has 2 aromatic carbocycles. The van der Waals surface area contributed by atoms with Crippen molar-refractivity contribution >= 4 is 0 Å². The Hall–Kier alpha value is -2.36. The van der Waals surface area contributed by atoms with E-state index in [1.165, 1.54) is 7.11 Å². The van der Waals surface area contributed by atoms with Gasteiger partial charge in [0.2, 0.25) is 0 Å². The monoisotopic (exact) mass is 274 g/mol. The maximum absolute atomic E-state index is 10.1. The van der Waals surface area contributed by atoms with Crippen molar-refractivity contribution in [1.29, 1.82) is 0 Å². The zero-order valence-corrected chi connectivity index (χ0v) is 11.6. The number of phenols is 2. The minimum absolute atomic E-state index is 0.133. The first kappa shape index (κ1) is 14.1. The molecule has 0 amide bonds. The van der Waals surface area contributed by atoms with Gasteiger partial charge in [-0.1, -0.05) is 12.1 Å². The molecule has 0 atom stereocenters. The Bertz CT molecular complexity index is 593.